The minimum Gasteiger partial charge on any atom is -0.351 e. The van der Waals surface area contributed by atoms with E-state index in [0.717, 1.165) is 11.0 Å². The first kappa shape index (κ1) is 12.9. The summed E-state index contributed by atoms with van der Waals surface area (Å²) in [4.78, 5) is 2.60. The summed E-state index contributed by atoms with van der Waals surface area (Å²) >= 11 is 7.26. The zero-order valence-electron chi connectivity index (χ0n) is 10.3. The van der Waals surface area contributed by atoms with Crippen LogP contribution in [0.2, 0.25) is 0 Å². The highest BCUT2D eigenvalue weighted by atomic mass is 79.9. The third-order valence-electron chi connectivity index (χ3n) is 3.23. The van der Waals surface area contributed by atoms with E-state index in [2.05, 4.69) is 97.4 Å². The first-order chi connectivity index (χ1) is 9.24. The second-order valence-corrected chi connectivity index (χ2v) is 6.40. The number of hydrogen-bond donors (Lipinski definition) is 0. The Morgan fingerprint density at radius 1 is 1.05 bits per heavy atom. The Balaban J connectivity index is 1.95. The Morgan fingerprint density at radius 3 is 2.63 bits per heavy atom. The molecule has 0 fully saturated rings. The highest BCUT2D eigenvalue weighted by molar-refractivity contribution is 9.10. The summed E-state index contributed by atoms with van der Waals surface area (Å²) in [6.45, 7) is 0.899. The van der Waals surface area contributed by atoms with E-state index in [9.17, 15) is 0 Å². The topological polar surface area (TPSA) is 3.24 Å². The van der Waals surface area contributed by atoms with Gasteiger partial charge >= 0.3 is 0 Å². The molecule has 0 N–H and O–H groups in total. The lowest BCUT2D eigenvalue weighted by molar-refractivity contribution is 0.835. The molecule has 0 aliphatic carbocycles. The van der Waals surface area contributed by atoms with Gasteiger partial charge in [0, 0.05) is 16.7 Å². The minimum atomic E-state index is 0.237. The third kappa shape index (κ3) is 2.77. The fraction of sp³-hybridized carbons (Fsp3) is 0.125. The number of halogens is 2. The van der Waals surface area contributed by atoms with Gasteiger partial charge in [0.1, 0.15) is 4.95 Å². The average molecular weight is 379 g/mol. The molecular weight excluding hydrogens is 366 g/mol. The fourth-order valence-electron chi connectivity index (χ4n) is 2.29. The minimum absolute atomic E-state index is 0.237. The van der Waals surface area contributed by atoms with E-state index in [0.29, 0.717) is 0 Å². The van der Waals surface area contributed by atoms with Crippen molar-refractivity contribution < 1.29 is 0 Å². The van der Waals surface area contributed by atoms with Crippen LogP contribution in [-0.2, 0) is 6.54 Å². The second kappa shape index (κ2) is 5.51. The van der Waals surface area contributed by atoms with E-state index < -0.39 is 0 Å². The van der Waals surface area contributed by atoms with Crippen molar-refractivity contribution in [2.45, 2.75) is 11.5 Å². The van der Waals surface area contributed by atoms with Crippen molar-refractivity contribution in [2.75, 3.05) is 4.90 Å². The maximum Gasteiger partial charge on any atom is 0.104 e. The molecule has 0 spiro atoms. The molecule has 3 rings (SSSR count). The lowest BCUT2D eigenvalue weighted by Crippen LogP contribution is -2.31. The first-order valence-corrected chi connectivity index (χ1v) is 7.87. The molecule has 1 heterocycles. The normalized spacial score (nSPS) is 17.4. The maximum absolute atomic E-state index is 3.73. The molecule has 0 radical (unpaired) electrons. The van der Waals surface area contributed by atoms with Crippen LogP contribution in [0.5, 0.6) is 0 Å². The standard InChI is InChI=1S/C16H13Br2N/c17-14-7-8-15-13(10-14)6-9-16(18)19(15)11-12-4-2-1-3-5-12/h1-10,16H,11H2. The predicted octanol–water partition coefficient (Wildman–Crippen LogP) is 5.20. The number of fused-ring (bicyclic) bond motifs is 1. The summed E-state index contributed by atoms with van der Waals surface area (Å²) in [7, 11) is 0. The SMILES string of the molecule is Brc1ccc2c(c1)C=CC(Br)N2Cc1ccccc1. The summed E-state index contributed by atoms with van der Waals surface area (Å²) < 4.78 is 1.11. The Hall–Kier alpha value is -1.06. The molecule has 1 aliphatic rings. The van der Waals surface area contributed by atoms with Gasteiger partial charge in [-0.05, 0) is 29.3 Å². The molecular formula is C16H13Br2N. The van der Waals surface area contributed by atoms with Gasteiger partial charge < -0.3 is 4.90 Å². The van der Waals surface area contributed by atoms with Crippen LogP contribution >= 0.6 is 31.9 Å². The lowest BCUT2D eigenvalue weighted by Gasteiger charge is -2.32. The van der Waals surface area contributed by atoms with Crippen molar-refractivity contribution in [2.24, 2.45) is 0 Å². The number of hydrogen-bond acceptors (Lipinski definition) is 1. The summed E-state index contributed by atoms with van der Waals surface area (Å²) in [6, 6.07) is 17.0. The van der Waals surface area contributed by atoms with Crippen molar-refractivity contribution in [3.05, 3.63) is 70.2 Å². The van der Waals surface area contributed by atoms with Crippen LogP contribution in [0.3, 0.4) is 0 Å². The van der Waals surface area contributed by atoms with Gasteiger partial charge in [-0.3, -0.25) is 0 Å². The van der Waals surface area contributed by atoms with Crippen molar-refractivity contribution in [1.29, 1.82) is 0 Å². The Labute approximate surface area is 130 Å². The molecule has 0 saturated carbocycles. The summed E-state index contributed by atoms with van der Waals surface area (Å²) in [5.74, 6) is 0. The molecule has 2 aromatic carbocycles. The Bertz CT molecular complexity index is 607. The van der Waals surface area contributed by atoms with Crippen molar-refractivity contribution in [1.82, 2.24) is 0 Å². The van der Waals surface area contributed by atoms with Crippen molar-refractivity contribution >= 4 is 43.6 Å². The van der Waals surface area contributed by atoms with Crippen LogP contribution in [0.25, 0.3) is 6.08 Å². The molecule has 0 amide bonds. The first-order valence-electron chi connectivity index (χ1n) is 6.16. The van der Waals surface area contributed by atoms with E-state index in [1.165, 1.54) is 16.8 Å². The van der Waals surface area contributed by atoms with E-state index in [4.69, 9.17) is 0 Å². The van der Waals surface area contributed by atoms with Crippen molar-refractivity contribution in [3.63, 3.8) is 0 Å². The number of benzene rings is 2. The van der Waals surface area contributed by atoms with Crippen LogP contribution in [0, 0.1) is 0 Å². The number of alkyl halides is 1. The average Bonchev–Trinajstić information content (AvgIpc) is 2.43. The molecule has 3 heteroatoms. The molecule has 0 aromatic heterocycles. The van der Waals surface area contributed by atoms with Crippen LogP contribution in [0.4, 0.5) is 5.69 Å². The molecule has 0 saturated heterocycles. The molecule has 1 atom stereocenters. The molecule has 1 aliphatic heterocycles. The molecule has 0 bridgehead atoms. The number of rotatable bonds is 2. The van der Waals surface area contributed by atoms with Gasteiger partial charge in [0.15, 0.2) is 0 Å². The molecule has 96 valence electrons. The Morgan fingerprint density at radius 2 is 1.84 bits per heavy atom. The van der Waals surface area contributed by atoms with Crippen LogP contribution in [0.1, 0.15) is 11.1 Å². The maximum atomic E-state index is 3.73. The van der Waals surface area contributed by atoms with Crippen LogP contribution < -0.4 is 4.90 Å². The second-order valence-electron chi connectivity index (χ2n) is 4.55. The summed E-state index contributed by atoms with van der Waals surface area (Å²) in [6.07, 6.45) is 4.35. The Kier molecular flexibility index (Phi) is 3.76. The highest BCUT2D eigenvalue weighted by Gasteiger charge is 2.20. The third-order valence-corrected chi connectivity index (χ3v) is 4.52. The zero-order valence-corrected chi connectivity index (χ0v) is 13.4. The summed E-state index contributed by atoms with van der Waals surface area (Å²) in [5, 5.41) is 0. The number of nitrogens with zero attached hydrogens (tertiary/aromatic N) is 1. The fourth-order valence-corrected chi connectivity index (χ4v) is 3.19. The van der Waals surface area contributed by atoms with Gasteiger partial charge in [-0.1, -0.05) is 74.3 Å². The van der Waals surface area contributed by atoms with Gasteiger partial charge in [-0.2, -0.15) is 0 Å². The predicted molar refractivity (Wildman–Crippen MR) is 88.5 cm³/mol. The van der Waals surface area contributed by atoms with E-state index in [1.54, 1.807) is 0 Å². The van der Waals surface area contributed by atoms with Gasteiger partial charge in [-0.25, -0.2) is 0 Å². The molecule has 19 heavy (non-hydrogen) atoms. The van der Waals surface area contributed by atoms with E-state index in [1.807, 2.05) is 0 Å². The van der Waals surface area contributed by atoms with Gasteiger partial charge in [0.2, 0.25) is 0 Å². The summed E-state index contributed by atoms with van der Waals surface area (Å²) in [5.41, 5.74) is 3.83. The van der Waals surface area contributed by atoms with Crippen LogP contribution in [-0.4, -0.2) is 4.95 Å². The number of anilines is 1. The van der Waals surface area contributed by atoms with E-state index >= 15 is 0 Å². The van der Waals surface area contributed by atoms with Crippen LogP contribution in [0.15, 0.2) is 59.1 Å². The highest BCUT2D eigenvalue weighted by Crippen LogP contribution is 2.34. The molecule has 1 unspecified atom stereocenters. The quantitative estimate of drug-likeness (QED) is 0.512. The lowest BCUT2D eigenvalue weighted by atomic mass is 10.1. The van der Waals surface area contributed by atoms with Gasteiger partial charge in [0.25, 0.3) is 0 Å². The van der Waals surface area contributed by atoms with Gasteiger partial charge in [-0.15, -0.1) is 0 Å². The van der Waals surface area contributed by atoms with Crippen molar-refractivity contribution in [3.8, 4) is 0 Å². The molecule has 1 nitrogen and oxygen atoms in total. The monoisotopic (exact) mass is 377 g/mol. The largest absolute Gasteiger partial charge is 0.351 e. The molecule has 2 aromatic rings. The van der Waals surface area contributed by atoms with Gasteiger partial charge in [0.05, 0.1) is 0 Å². The smallest absolute Gasteiger partial charge is 0.104 e. The zero-order chi connectivity index (χ0) is 13.2. The van der Waals surface area contributed by atoms with E-state index in [-0.39, 0.29) is 4.95 Å².